The highest BCUT2D eigenvalue weighted by Gasteiger charge is 2.25. The monoisotopic (exact) mass is 438 g/mol. The molecule has 0 unspecified atom stereocenters. The smallest absolute Gasteiger partial charge is 0.0703 e. The van der Waals surface area contributed by atoms with Crippen molar-refractivity contribution in [3.05, 3.63) is 100 Å². The Morgan fingerprint density at radius 1 is 0.571 bits per heavy atom. The second-order valence-electron chi connectivity index (χ2n) is 6.05. The van der Waals surface area contributed by atoms with Crippen molar-refractivity contribution < 1.29 is 0 Å². The van der Waals surface area contributed by atoms with Gasteiger partial charge in [0.05, 0.1) is 8.47 Å². The largest absolute Gasteiger partial charge is 0.265 e. The van der Waals surface area contributed by atoms with Gasteiger partial charge in [0.25, 0.3) is 0 Å². The first-order valence-corrected chi connectivity index (χ1v) is 12.0. The van der Waals surface area contributed by atoms with Gasteiger partial charge in [0.1, 0.15) is 0 Å². The van der Waals surface area contributed by atoms with Gasteiger partial charge in [0, 0.05) is 44.4 Å². The molecule has 140 valence electrons. The van der Waals surface area contributed by atoms with Crippen LogP contribution in [-0.4, -0.2) is 9.97 Å². The predicted molar refractivity (Wildman–Crippen MR) is 129 cm³/mol. The van der Waals surface area contributed by atoms with Crippen LogP contribution in [0.3, 0.4) is 0 Å². The van der Waals surface area contributed by atoms with Crippen LogP contribution in [-0.2, 0) is 0 Å². The van der Waals surface area contributed by atoms with Gasteiger partial charge in [-0.1, -0.05) is 59.2 Å². The molecule has 2 aliphatic heterocycles. The van der Waals surface area contributed by atoms with E-state index in [0.29, 0.717) is 0 Å². The van der Waals surface area contributed by atoms with E-state index in [1.807, 2.05) is 96.1 Å². The van der Waals surface area contributed by atoms with E-state index in [0.717, 1.165) is 0 Å². The molecular formula is C22H18N2S4. The number of aromatic nitrogens is 2. The van der Waals surface area contributed by atoms with Crippen molar-refractivity contribution in [2.75, 3.05) is 0 Å². The molecule has 28 heavy (non-hydrogen) atoms. The minimum absolute atomic E-state index is 1.17. The van der Waals surface area contributed by atoms with Crippen LogP contribution in [0.2, 0.25) is 0 Å². The van der Waals surface area contributed by atoms with E-state index in [2.05, 4.69) is 48.1 Å². The Morgan fingerprint density at radius 3 is 1.36 bits per heavy atom. The highest BCUT2D eigenvalue weighted by Crippen LogP contribution is 2.60. The Kier molecular flexibility index (Phi) is 6.52. The fourth-order valence-electron chi connectivity index (χ4n) is 2.53. The lowest BCUT2D eigenvalue weighted by atomic mass is 10.2. The zero-order valence-corrected chi connectivity index (χ0v) is 18.7. The van der Waals surface area contributed by atoms with Gasteiger partial charge in [-0.15, -0.1) is 0 Å². The van der Waals surface area contributed by atoms with E-state index in [1.54, 1.807) is 0 Å². The normalized spacial score (nSPS) is 20.4. The summed E-state index contributed by atoms with van der Waals surface area (Å²) in [5.41, 5.74) is 2.35. The standard InChI is InChI=1S/C22H18N2S4/c1-15-19(5-3-17-7-11-23-12-8-17)27-21(25-15)22-26-16(2)20(28-22)6-4-18-9-13-24-14-10-18/h3-14H,1-2H3/b5-3+,6-4+,22-21+. The van der Waals surface area contributed by atoms with Crippen molar-refractivity contribution in [1.82, 2.24) is 9.97 Å². The average molecular weight is 439 g/mol. The molecule has 0 bridgehead atoms. The van der Waals surface area contributed by atoms with E-state index >= 15 is 0 Å². The molecule has 0 fully saturated rings. The van der Waals surface area contributed by atoms with Crippen LogP contribution in [0.5, 0.6) is 0 Å². The van der Waals surface area contributed by atoms with E-state index < -0.39 is 0 Å². The molecule has 2 aromatic heterocycles. The van der Waals surface area contributed by atoms with Crippen LogP contribution < -0.4 is 0 Å². The second-order valence-corrected chi connectivity index (χ2v) is 11.1. The maximum atomic E-state index is 4.07. The van der Waals surface area contributed by atoms with Crippen molar-refractivity contribution in [3.63, 3.8) is 0 Å². The van der Waals surface area contributed by atoms with Crippen LogP contribution in [0.25, 0.3) is 12.2 Å². The lowest BCUT2D eigenvalue weighted by Gasteiger charge is -2.01. The van der Waals surface area contributed by atoms with Gasteiger partial charge in [-0.05, 0) is 61.4 Å². The van der Waals surface area contributed by atoms with Crippen LogP contribution in [0.15, 0.2) is 89.3 Å². The zero-order chi connectivity index (χ0) is 19.3. The van der Waals surface area contributed by atoms with Crippen LogP contribution in [0, 0.1) is 0 Å². The summed E-state index contributed by atoms with van der Waals surface area (Å²) >= 11 is 7.51. The van der Waals surface area contributed by atoms with E-state index in [-0.39, 0.29) is 0 Å². The molecule has 0 N–H and O–H groups in total. The fraction of sp³-hybridized carbons (Fsp3) is 0.0909. The lowest BCUT2D eigenvalue weighted by Crippen LogP contribution is -1.73. The van der Waals surface area contributed by atoms with Crippen LogP contribution >= 0.6 is 47.0 Å². The molecule has 0 atom stereocenters. The highest BCUT2D eigenvalue weighted by atomic mass is 32.2. The number of pyridine rings is 2. The van der Waals surface area contributed by atoms with Gasteiger partial charge < -0.3 is 0 Å². The van der Waals surface area contributed by atoms with Gasteiger partial charge >= 0.3 is 0 Å². The third-order valence-corrected chi connectivity index (χ3v) is 9.73. The van der Waals surface area contributed by atoms with Crippen LogP contribution in [0.4, 0.5) is 0 Å². The number of hydrogen-bond acceptors (Lipinski definition) is 6. The highest BCUT2D eigenvalue weighted by molar-refractivity contribution is 8.34. The maximum Gasteiger partial charge on any atom is 0.0703 e. The molecule has 2 aromatic rings. The summed E-state index contributed by atoms with van der Waals surface area (Å²) in [5.74, 6) is 0. The number of nitrogens with zero attached hydrogens (tertiary/aromatic N) is 2. The minimum Gasteiger partial charge on any atom is -0.265 e. The summed E-state index contributed by atoms with van der Waals surface area (Å²) in [7, 11) is 0. The van der Waals surface area contributed by atoms with Gasteiger partial charge in [-0.3, -0.25) is 9.97 Å². The Morgan fingerprint density at radius 2 is 0.964 bits per heavy atom. The van der Waals surface area contributed by atoms with Crippen molar-refractivity contribution in [2.24, 2.45) is 0 Å². The SMILES string of the molecule is CC1=C(/C=C/c2ccncc2)S/C(=C2\SC(C)=C(/C=C/c3ccncc3)S2)S1. The molecule has 4 rings (SSSR count). The van der Waals surface area contributed by atoms with Gasteiger partial charge in [-0.25, -0.2) is 0 Å². The summed E-state index contributed by atoms with van der Waals surface area (Å²) in [6, 6.07) is 8.09. The lowest BCUT2D eigenvalue weighted by molar-refractivity contribution is 1.32. The number of thioether (sulfide) groups is 4. The molecule has 0 saturated heterocycles. The molecule has 0 aromatic carbocycles. The van der Waals surface area contributed by atoms with Gasteiger partial charge in [-0.2, -0.15) is 0 Å². The Labute approximate surface area is 182 Å². The third-order valence-electron chi connectivity index (χ3n) is 4.02. The molecule has 6 heteroatoms. The number of hydrogen-bond donors (Lipinski definition) is 0. The zero-order valence-electron chi connectivity index (χ0n) is 15.5. The third kappa shape index (κ3) is 4.87. The number of allylic oxidation sites excluding steroid dienone is 4. The van der Waals surface area contributed by atoms with Gasteiger partial charge in [0.15, 0.2) is 0 Å². The first kappa shape index (κ1) is 19.7. The predicted octanol–water partition coefficient (Wildman–Crippen LogP) is 7.75. The molecule has 0 saturated carbocycles. The number of rotatable bonds is 4. The summed E-state index contributed by atoms with van der Waals surface area (Å²) < 4.78 is 2.77. The Hall–Kier alpha value is -1.60. The maximum absolute atomic E-state index is 4.07. The molecular weight excluding hydrogens is 421 g/mol. The quantitative estimate of drug-likeness (QED) is 0.484. The average Bonchev–Trinajstić information content (AvgIpc) is 3.28. The van der Waals surface area contributed by atoms with E-state index in [4.69, 9.17) is 0 Å². The summed E-state index contributed by atoms with van der Waals surface area (Å²) in [5, 5.41) is 0. The molecule has 0 spiro atoms. The Balaban J connectivity index is 1.44. The summed E-state index contributed by atoms with van der Waals surface area (Å²) in [6.07, 6.45) is 16.0. The molecule has 0 amide bonds. The van der Waals surface area contributed by atoms with Gasteiger partial charge in [0.2, 0.25) is 0 Å². The molecule has 2 nitrogen and oxygen atoms in total. The first-order chi connectivity index (χ1) is 13.7. The Bertz CT molecular complexity index is 936. The fourth-order valence-corrected chi connectivity index (χ4v) is 7.83. The van der Waals surface area contributed by atoms with Crippen molar-refractivity contribution in [3.8, 4) is 0 Å². The molecule has 0 radical (unpaired) electrons. The summed E-state index contributed by atoms with van der Waals surface area (Å²) in [6.45, 7) is 4.40. The van der Waals surface area contributed by atoms with E-state index in [9.17, 15) is 0 Å². The second kappa shape index (κ2) is 9.27. The van der Waals surface area contributed by atoms with Crippen molar-refractivity contribution in [2.45, 2.75) is 13.8 Å². The van der Waals surface area contributed by atoms with Crippen LogP contribution in [0.1, 0.15) is 25.0 Å². The summed E-state index contributed by atoms with van der Waals surface area (Å²) in [4.78, 5) is 13.5. The first-order valence-electron chi connectivity index (χ1n) is 8.73. The molecule has 2 aliphatic rings. The van der Waals surface area contributed by atoms with Crippen molar-refractivity contribution >= 4 is 59.2 Å². The minimum atomic E-state index is 1.17. The molecule has 4 heterocycles. The topological polar surface area (TPSA) is 25.8 Å². The molecule has 0 aliphatic carbocycles. The van der Waals surface area contributed by atoms with E-state index in [1.165, 1.54) is 39.2 Å². The van der Waals surface area contributed by atoms with Crippen molar-refractivity contribution in [1.29, 1.82) is 0 Å².